The van der Waals surface area contributed by atoms with Gasteiger partial charge >= 0.3 is 0 Å². The fourth-order valence-corrected chi connectivity index (χ4v) is 3.58. The first-order chi connectivity index (χ1) is 11.2. The number of nitrogens with zero attached hydrogens (tertiary/aromatic N) is 3. The van der Waals surface area contributed by atoms with Crippen LogP contribution in [0, 0.1) is 6.92 Å². The number of carbonyl (C=O) groups is 1. The third-order valence-corrected chi connectivity index (χ3v) is 4.94. The number of carbonyl (C=O) groups excluding carboxylic acids is 1. The topological polar surface area (TPSA) is 71.3 Å². The Morgan fingerprint density at radius 2 is 2.21 bits per heavy atom. The molecule has 0 bridgehead atoms. The number of pyridine rings is 1. The zero-order valence-corrected chi connectivity index (χ0v) is 14.9. The minimum absolute atomic E-state index is 0. The van der Waals surface area contributed by atoms with Crippen molar-refractivity contribution in [3.63, 3.8) is 0 Å². The quantitative estimate of drug-likeness (QED) is 0.917. The van der Waals surface area contributed by atoms with Crippen molar-refractivity contribution < 1.29 is 9.32 Å². The average Bonchev–Trinajstić information content (AvgIpc) is 3.20. The number of likely N-dealkylation sites (N-methyl/N-ethyl adjacent to an activating group) is 1. The summed E-state index contributed by atoms with van der Waals surface area (Å²) in [6, 6.07) is 2.24. The molecule has 1 saturated heterocycles. The molecule has 2 fully saturated rings. The van der Waals surface area contributed by atoms with Gasteiger partial charge in [-0.2, -0.15) is 0 Å². The summed E-state index contributed by atoms with van der Waals surface area (Å²) in [4.78, 5) is 19.8. The lowest BCUT2D eigenvalue weighted by atomic mass is 10.1. The number of hydrogen-bond acceptors (Lipinski definition) is 5. The zero-order chi connectivity index (χ0) is 16.0. The second-order valence-electron chi connectivity index (χ2n) is 6.67. The molecule has 0 aromatic carbocycles. The Kier molecular flexibility index (Phi) is 4.78. The summed E-state index contributed by atoms with van der Waals surface area (Å²) in [5.41, 5.74) is 2.92. The maximum absolute atomic E-state index is 13.2. The lowest BCUT2D eigenvalue weighted by Gasteiger charge is -2.25. The van der Waals surface area contributed by atoms with Gasteiger partial charge in [-0.15, -0.1) is 12.4 Å². The standard InChI is InChI=1S/C17H22N4O2.ClH/c1-10-15-13(17(22)21-7-3-4-12(21)9-18-2)8-14(11-5-6-11)19-16(15)23-20-10;/h8,11-12,18H,3-7,9H2,1-2H3;1H. The van der Waals surface area contributed by atoms with Crippen molar-refractivity contribution in [3.8, 4) is 0 Å². The molecular weight excluding hydrogens is 328 g/mol. The lowest BCUT2D eigenvalue weighted by Crippen LogP contribution is -2.41. The molecule has 1 unspecified atom stereocenters. The maximum atomic E-state index is 13.2. The molecule has 1 aliphatic heterocycles. The first-order valence-corrected chi connectivity index (χ1v) is 8.41. The molecule has 4 rings (SSSR count). The van der Waals surface area contributed by atoms with Crippen molar-refractivity contribution in [3.05, 3.63) is 23.0 Å². The summed E-state index contributed by atoms with van der Waals surface area (Å²) in [6.45, 7) is 3.52. The lowest BCUT2D eigenvalue weighted by molar-refractivity contribution is 0.0738. The van der Waals surface area contributed by atoms with Gasteiger partial charge in [0.25, 0.3) is 11.6 Å². The second-order valence-corrected chi connectivity index (χ2v) is 6.67. The fourth-order valence-electron chi connectivity index (χ4n) is 3.58. The molecule has 6 nitrogen and oxygen atoms in total. The molecule has 0 spiro atoms. The number of amides is 1. The van der Waals surface area contributed by atoms with Crippen molar-refractivity contribution in [1.29, 1.82) is 0 Å². The van der Waals surface area contributed by atoms with Crippen LogP contribution in [0.2, 0.25) is 0 Å². The Bertz CT molecular complexity index is 756. The highest BCUT2D eigenvalue weighted by atomic mass is 35.5. The summed E-state index contributed by atoms with van der Waals surface area (Å²) < 4.78 is 5.35. The Morgan fingerprint density at radius 3 is 2.92 bits per heavy atom. The molecule has 2 aromatic heterocycles. The first-order valence-electron chi connectivity index (χ1n) is 8.41. The van der Waals surface area contributed by atoms with Crippen LogP contribution in [0.25, 0.3) is 11.1 Å². The highest BCUT2D eigenvalue weighted by molar-refractivity contribution is 6.06. The van der Waals surface area contributed by atoms with Crippen LogP contribution in [-0.4, -0.2) is 47.1 Å². The van der Waals surface area contributed by atoms with E-state index < -0.39 is 0 Å². The number of rotatable bonds is 4. The van der Waals surface area contributed by atoms with Gasteiger partial charge < -0.3 is 14.7 Å². The Morgan fingerprint density at radius 1 is 1.42 bits per heavy atom. The van der Waals surface area contributed by atoms with Crippen molar-refractivity contribution >= 4 is 29.4 Å². The van der Waals surface area contributed by atoms with E-state index in [1.54, 1.807) is 0 Å². The van der Waals surface area contributed by atoms with Gasteiger partial charge in [-0.25, -0.2) is 4.98 Å². The van der Waals surface area contributed by atoms with E-state index in [0.29, 0.717) is 17.2 Å². The van der Waals surface area contributed by atoms with Gasteiger partial charge in [-0.1, -0.05) is 5.16 Å². The number of aromatic nitrogens is 2. The fraction of sp³-hybridized carbons (Fsp3) is 0.588. The van der Waals surface area contributed by atoms with Crippen molar-refractivity contribution in [2.24, 2.45) is 0 Å². The predicted molar refractivity (Wildman–Crippen MR) is 93.7 cm³/mol. The summed E-state index contributed by atoms with van der Waals surface area (Å²) in [7, 11) is 1.93. The number of likely N-dealkylation sites (tertiary alicyclic amines) is 1. The zero-order valence-electron chi connectivity index (χ0n) is 14.0. The first kappa shape index (κ1) is 17.2. The van der Waals surface area contributed by atoms with Crippen molar-refractivity contribution in [2.45, 2.75) is 44.6 Å². The van der Waals surface area contributed by atoms with E-state index >= 15 is 0 Å². The monoisotopic (exact) mass is 350 g/mol. The Labute approximate surface area is 147 Å². The molecule has 7 heteroatoms. The third kappa shape index (κ3) is 2.89. The predicted octanol–water partition coefficient (Wildman–Crippen LogP) is 2.65. The molecule has 2 aromatic rings. The van der Waals surface area contributed by atoms with Gasteiger partial charge in [0.1, 0.15) is 0 Å². The van der Waals surface area contributed by atoms with Crippen LogP contribution in [0.4, 0.5) is 0 Å². The van der Waals surface area contributed by atoms with E-state index in [0.717, 1.165) is 55.5 Å². The minimum atomic E-state index is 0. The number of nitrogens with one attached hydrogen (secondary N) is 1. The average molecular weight is 351 g/mol. The van der Waals surface area contributed by atoms with Gasteiger partial charge in [0.2, 0.25) is 0 Å². The molecular formula is C17H23ClN4O2. The second kappa shape index (κ2) is 6.69. The van der Waals surface area contributed by atoms with Gasteiger partial charge in [0, 0.05) is 30.7 Å². The van der Waals surface area contributed by atoms with E-state index in [1.807, 2.05) is 24.9 Å². The summed E-state index contributed by atoms with van der Waals surface area (Å²) in [5.74, 6) is 0.561. The number of aryl methyl sites for hydroxylation is 1. The smallest absolute Gasteiger partial charge is 0.259 e. The van der Waals surface area contributed by atoms with Crippen molar-refractivity contribution in [2.75, 3.05) is 20.1 Å². The van der Waals surface area contributed by atoms with Crippen LogP contribution < -0.4 is 5.32 Å². The van der Waals surface area contributed by atoms with Gasteiger partial charge in [-0.05, 0) is 45.7 Å². The molecule has 3 heterocycles. The van der Waals surface area contributed by atoms with E-state index in [9.17, 15) is 4.79 Å². The Hall–Kier alpha value is -1.66. The number of hydrogen-bond donors (Lipinski definition) is 1. The molecule has 2 aliphatic rings. The molecule has 24 heavy (non-hydrogen) atoms. The molecule has 1 aliphatic carbocycles. The van der Waals surface area contributed by atoms with Crippen LogP contribution in [0.15, 0.2) is 10.6 Å². The maximum Gasteiger partial charge on any atom is 0.259 e. The SMILES string of the molecule is CNCC1CCCN1C(=O)c1cc(C2CC2)nc2onc(C)c12.Cl. The summed E-state index contributed by atoms with van der Waals surface area (Å²) in [6.07, 6.45) is 4.40. The molecule has 1 atom stereocenters. The van der Waals surface area contributed by atoms with Crippen molar-refractivity contribution in [1.82, 2.24) is 20.4 Å². The van der Waals surface area contributed by atoms with E-state index in [1.165, 1.54) is 0 Å². The van der Waals surface area contributed by atoms with E-state index in [4.69, 9.17) is 4.52 Å². The summed E-state index contributed by atoms with van der Waals surface area (Å²) in [5, 5.41) is 7.99. The van der Waals surface area contributed by atoms with E-state index in [2.05, 4.69) is 15.5 Å². The number of halogens is 1. The van der Waals surface area contributed by atoms with Crippen LogP contribution in [0.3, 0.4) is 0 Å². The van der Waals surface area contributed by atoms with Crippen LogP contribution in [0.1, 0.15) is 53.3 Å². The molecule has 1 amide bonds. The van der Waals surface area contributed by atoms with Gasteiger partial charge in [0.15, 0.2) is 0 Å². The normalized spacial score (nSPS) is 20.4. The molecule has 1 N–H and O–H groups in total. The van der Waals surface area contributed by atoms with Gasteiger partial charge in [0.05, 0.1) is 16.6 Å². The Balaban J connectivity index is 0.00000169. The third-order valence-electron chi connectivity index (χ3n) is 4.94. The number of fused-ring (bicyclic) bond motifs is 1. The van der Waals surface area contributed by atoms with E-state index in [-0.39, 0.29) is 24.4 Å². The molecule has 1 saturated carbocycles. The highest BCUT2D eigenvalue weighted by Gasteiger charge is 2.33. The van der Waals surface area contributed by atoms with Gasteiger partial charge in [-0.3, -0.25) is 4.79 Å². The van der Waals surface area contributed by atoms with Crippen LogP contribution in [-0.2, 0) is 0 Å². The highest BCUT2D eigenvalue weighted by Crippen LogP contribution is 2.40. The molecule has 130 valence electrons. The largest absolute Gasteiger partial charge is 0.336 e. The summed E-state index contributed by atoms with van der Waals surface area (Å²) >= 11 is 0. The minimum Gasteiger partial charge on any atom is -0.336 e. The van der Waals surface area contributed by atoms with Crippen LogP contribution >= 0.6 is 12.4 Å². The molecule has 0 radical (unpaired) electrons. The van der Waals surface area contributed by atoms with Crippen LogP contribution in [0.5, 0.6) is 0 Å².